The summed E-state index contributed by atoms with van der Waals surface area (Å²) in [6, 6.07) is 12.7. The largest absolute Gasteiger partial charge is 0.298 e. The highest BCUT2D eigenvalue weighted by Gasteiger charge is 2.08. The smallest absolute Gasteiger partial charge is 0.147 e. The Hall–Kier alpha value is -1.13. The maximum Gasteiger partial charge on any atom is 0.147 e. The lowest BCUT2D eigenvalue weighted by Gasteiger charge is -2.05. The third kappa shape index (κ3) is 4.18. The van der Waals surface area contributed by atoms with E-state index >= 15 is 0 Å². The molecule has 0 heterocycles. The summed E-state index contributed by atoms with van der Waals surface area (Å²) in [6.07, 6.45) is 0.331. The molecule has 0 spiro atoms. The summed E-state index contributed by atoms with van der Waals surface area (Å²) >= 11 is 4.68. The van der Waals surface area contributed by atoms with E-state index < -0.39 is 0 Å². The molecule has 1 nitrogen and oxygen atoms in total. The minimum Gasteiger partial charge on any atom is -0.298 e. The van der Waals surface area contributed by atoms with Crippen molar-refractivity contribution in [2.75, 3.05) is 5.75 Å². The Kier molecular flexibility index (Phi) is 5.38. The highest BCUT2D eigenvalue weighted by Crippen LogP contribution is 2.22. The number of Topliss-reactive ketones (excluding diaryl/α,β-unsaturated/α-hetero) is 1. The Balaban J connectivity index is 1.93. The molecule has 0 bridgehead atoms. The zero-order chi connectivity index (χ0) is 14.5. The van der Waals surface area contributed by atoms with Crippen LogP contribution in [0.15, 0.2) is 51.8 Å². The van der Waals surface area contributed by atoms with Gasteiger partial charge in [0.25, 0.3) is 0 Å². The summed E-state index contributed by atoms with van der Waals surface area (Å²) < 4.78 is 13.5. The normalized spacial score (nSPS) is 10.6. The second-order valence-corrected chi connectivity index (χ2v) is 6.39. The summed E-state index contributed by atoms with van der Waals surface area (Å²) in [4.78, 5) is 13.1. The monoisotopic (exact) mass is 352 g/mol. The summed E-state index contributed by atoms with van der Waals surface area (Å²) in [5.41, 5.74) is 2.00. The average Bonchev–Trinajstić information content (AvgIpc) is 2.42. The summed E-state index contributed by atoms with van der Waals surface area (Å²) in [7, 11) is 0. The van der Waals surface area contributed by atoms with E-state index in [4.69, 9.17) is 0 Å². The molecule has 2 aromatic rings. The first kappa shape index (κ1) is 15.3. The van der Waals surface area contributed by atoms with E-state index in [-0.39, 0.29) is 11.6 Å². The van der Waals surface area contributed by atoms with E-state index in [1.54, 1.807) is 23.9 Å². The molecule has 104 valence electrons. The van der Waals surface area contributed by atoms with Crippen LogP contribution in [-0.2, 0) is 11.2 Å². The van der Waals surface area contributed by atoms with Crippen molar-refractivity contribution < 1.29 is 9.18 Å². The van der Waals surface area contributed by atoms with Crippen molar-refractivity contribution in [3.63, 3.8) is 0 Å². The van der Waals surface area contributed by atoms with Crippen molar-refractivity contribution in [2.24, 2.45) is 0 Å². The summed E-state index contributed by atoms with van der Waals surface area (Å²) in [5, 5.41) is 0. The van der Waals surface area contributed by atoms with E-state index in [1.165, 1.54) is 11.6 Å². The number of hydrogen-bond acceptors (Lipinski definition) is 2. The molecule has 4 heteroatoms. The van der Waals surface area contributed by atoms with Crippen LogP contribution in [0.1, 0.15) is 11.1 Å². The standard InChI is InChI=1S/C16H14BrFOS/c1-11-4-2-3-5-16(11)20-10-13(19)8-12-6-7-15(18)14(17)9-12/h2-7,9H,8,10H2,1H3. The molecule has 2 aromatic carbocycles. The van der Waals surface area contributed by atoms with Crippen LogP contribution >= 0.6 is 27.7 Å². The van der Waals surface area contributed by atoms with E-state index in [1.807, 2.05) is 31.2 Å². The second-order valence-electron chi connectivity index (χ2n) is 4.52. The molecule has 0 aromatic heterocycles. The number of carbonyl (C=O) groups excluding carboxylic acids is 1. The van der Waals surface area contributed by atoms with Crippen LogP contribution in [0.4, 0.5) is 4.39 Å². The minimum atomic E-state index is -0.310. The average molecular weight is 353 g/mol. The quantitative estimate of drug-likeness (QED) is 0.719. The third-order valence-electron chi connectivity index (χ3n) is 2.87. The Morgan fingerprint density at radius 2 is 2.00 bits per heavy atom. The maximum atomic E-state index is 13.1. The van der Waals surface area contributed by atoms with Crippen molar-refractivity contribution in [1.82, 2.24) is 0 Å². The third-order valence-corrected chi connectivity index (χ3v) is 4.71. The highest BCUT2D eigenvalue weighted by atomic mass is 79.9. The topological polar surface area (TPSA) is 17.1 Å². The van der Waals surface area contributed by atoms with Crippen molar-refractivity contribution in [2.45, 2.75) is 18.2 Å². The van der Waals surface area contributed by atoms with E-state index in [2.05, 4.69) is 15.9 Å². The number of rotatable bonds is 5. The van der Waals surface area contributed by atoms with Crippen molar-refractivity contribution >= 4 is 33.5 Å². The first-order valence-electron chi connectivity index (χ1n) is 6.20. The predicted octanol–water partition coefficient (Wildman–Crippen LogP) is 4.80. The molecule has 2 rings (SSSR count). The Bertz CT molecular complexity index is 628. The Morgan fingerprint density at radius 1 is 1.25 bits per heavy atom. The molecule has 0 unspecified atom stereocenters. The molecule has 0 N–H and O–H groups in total. The summed E-state index contributed by atoms with van der Waals surface area (Å²) in [6.45, 7) is 2.03. The number of benzene rings is 2. The number of hydrogen-bond donors (Lipinski definition) is 0. The van der Waals surface area contributed by atoms with Gasteiger partial charge in [0.2, 0.25) is 0 Å². The molecule has 0 amide bonds. The lowest BCUT2D eigenvalue weighted by atomic mass is 10.1. The van der Waals surface area contributed by atoms with Gasteiger partial charge in [0.1, 0.15) is 11.6 Å². The first-order chi connectivity index (χ1) is 9.56. The van der Waals surface area contributed by atoms with E-state index in [9.17, 15) is 9.18 Å². The van der Waals surface area contributed by atoms with E-state index in [0.717, 1.165) is 10.5 Å². The fourth-order valence-electron chi connectivity index (χ4n) is 1.80. The van der Waals surface area contributed by atoms with Crippen LogP contribution in [0.5, 0.6) is 0 Å². The van der Waals surface area contributed by atoms with Gasteiger partial charge in [0.05, 0.1) is 10.2 Å². The van der Waals surface area contributed by atoms with Gasteiger partial charge in [-0.2, -0.15) is 0 Å². The SMILES string of the molecule is Cc1ccccc1SCC(=O)Cc1ccc(F)c(Br)c1. The lowest BCUT2D eigenvalue weighted by Crippen LogP contribution is -2.06. The van der Waals surface area contributed by atoms with Gasteiger partial charge < -0.3 is 0 Å². The number of carbonyl (C=O) groups is 1. The van der Waals surface area contributed by atoms with Crippen LogP contribution in [0.25, 0.3) is 0 Å². The second kappa shape index (κ2) is 7.04. The minimum absolute atomic E-state index is 0.136. The van der Waals surface area contributed by atoms with Crippen molar-refractivity contribution in [3.05, 3.63) is 63.9 Å². The molecular weight excluding hydrogens is 339 g/mol. The van der Waals surface area contributed by atoms with Gasteiger partial charge in [-0.25, -0.2) is 4.39 Å². The molecule has 0 saturated heterocycles. The molecule has 0 saturated carbocycles. The molecule has 0 aliphatic rings. The number of halogens is 2. The van der Waals surface area contributed by atoms with Crippen LogP contribution < -0.4 is 0 Å². The number of thioether (sulfide) groups is 1. The van der Waals surface area contributed by atoms with Gasteiger partial charge in [-0.05, 0) is 52.2 Å². The Morgan fingerprint density at radius 3 is 2.70 bits per heavy atom. The highest BCUT2D eigenvalue weighted by molar-refractivity contribution is 9.10. The van der Waals surface area contributed by atoms with Crippen LogP contribution in [0.3, 0.4) is 0 Å². The van der Waals surface area contributed by atoms with Gasteiger partial charge in [-0.1, -0.05) is 24.3 Å². The van der Waals surface area contributed by atoms with E-state index in [0.29, 0.717) is 16.6 Å². The molecule has 20 heavy (non-hydrogen) atoms. The molecule has 0 aliphatic heterocycles. The van der Waals surface area contributed by atoms with Crippen LogP contribution in [0, 0.1) is 12.7 Å². The fourth-order valence-corrected chi connectivity index (χ4v) is 3.12. The van der Waals surface area contributed by atoms with Crippen molar-refractivity contribution in [3.8, 4) is 0 Å². The van der Waals surface area contributed by atoms with Gasteiger partial charge in [0, 0.05) is 11.3 Å². The maximum absolute atomic E-state index is 13.1. The van der Waals surface area contributed by atoms with Gasteiger partial charge in [-0.3, -0.25) is 4.79 Å². The molecular formula is C16H14BrFOS. The zero-order valence-electron chi connectivity index (χ0n) is 11.0. The first-order valence-corrected chi connectivity index (χ1v) is 7.98. The van der Waals surface area contributed by atoms with Crippen molar-refractivity contribution in [1.29, 1.82) is 0 Å². The van der Waals surface area contributed by atoms with Gasteiger partial charge in [0.15, 0.2) is 0 Å². The molecule has 0 fully saturated rings. The fraction of sp³-hybridized carbons (Fsp3) is 0.188. The lowest BCUT2D eigenvalue weighted by molar-refractivity contribution is -0.116. The summed E-state index contributed by atoms with van der Waals surface area (Å²) in [5.74, 6) is 0.257. The molecule has 0 atom stereocenters. The number of aryl methyl sites for hydroxylation is 1. The molecule has 0 radical (unpaired) electrons. The van der Waals surface area contributed by atoms with Crippen LogP contribution in [0.2, 0.25) is 0 Å². The van der Waals surface area contributed by atoms with Gasteiger partial charge in [-0.15, -0.1) is 11.8 Å². The predicted molar refractivity (Wildman–Crippen MR) is 84.7 cm³/mol. The Labute approximate surface area is 130 Å². The number of ketones is 1. The van der Waals surface area contributed by atoms with Crippen LogP contribution in [-0.4, -0.2) is 11.5 Å². The zero-order valence-corrected chi connectivity index (χ0v) is 13.4. The van der Waals surface area contributed by atoms with Gasteiger partial charge >= 0.3 is 0 Å². The molecule has 0 aliphatic carbocycles.